The lowest BCUT2D eigenvalue weighted by Gasteiger charge is -2.49. The van der Waals surface area contributed by atoms with E-state index < -0.39 is 21.5 Å². The van der Waals surface area contributed by atoms with Gasteiger partial charge in [-0.3, -0.25) is 9.00 Å². The molecule has 4 atom stereocenters. The summed E-state index contributed by atoms with van der Waals surface area (Å²) in [4.78, 5) is 15.9. The Hall–Kier alpha value is -2.18. The molecule has 0 amide bonds. The zero-order valence-corrected chi connectivity index (χ0v) is 17.9. The van der Waals surface area contributed by atoms with Gasteiger partial charge in [-0.2, -0.15) is 0 Å². The summed E-state index contributed by atoms with van der Waals surface area (Å²) in [5.41, 5.74) is 2.50. The molecule has 1 fully saturated rings. The maximum absolute atomic E-state index is 13.7. The zero-order chi connectivity index (χ0) is 20.6. The lowest BCUT2D eigenvalue weighted by atomic mass is 9.72. The van der Waals surface area contributed by atoms with Crippen LogP contribution in [-0.2, 0) is 33.2 Å². The second kappa shape index (κ2) is 7.92. The monoisotopic (exact) mass is 413 g/mol. The van der Waals surface area contributed by atoms with E-state index in [9.17, 15) is 9.00 Å². The van der Waals surface area contributed by atoms with Crippen molar-refractivity contribution in [2.45, 2.75) is 34.9 Å². The Kier molecular flexibility index (Phi) is 5.49. The normalized spacial score (nSPS) is 27.4. The second-order valence-corrected chi connectivity index (χ2v) is 9.81. The van der Waals surface area contributed by atoms with Gasteiger partial charge in [0.15, 0.2) is 4.75 Å². The first-order chi connectivity index (χ1) is 14.0. The molecule has 1 aliphatic carbocycles. The van der Waals surface area contributed by atoms with Crippen LogP contribution in [0.1, 0.15) is 17.5 Å². The van der Waals surface area contributed by atoms with Crippen LogP contribution in [0.5, 0.6) is 5.75 Å². The SMILES string of the molecule is COC(=O)[C@@]1([S@@](=O)c2ccccc2)C[C@@H]2Cc3c(cccc3OC)C[C@H]2N(C)C1. The van der Waals surface area contributed by atoms with Crippen molar-refractivity contribution in [1.29, 1.82) is 0 Å². The predicted molar refractivity (Wildman–Crippen MR) is 113 cm³/mol. The topological polar surface area (TPSA) is 55.8 Å². The Morgan fingerprint density at radius 1 is 1.10 bits per heavy atom. The van der Waals surface area contributed by atoms with Crippen LogP contribution in [0, 0.1) is 5.92 Å². The first kappa shape index (κ1) is 20.1. The number of nitrogens with zero attached hydrogens (tertiary/aromatic N) is 1. The first-order valence-electron chi connectivity index (χ1n) is 9.90. The average molecular weight is 414 g/mol. The molecule has 154 valence electrons. The number of ether oxygens (including phenoxy) is 2. The predicted octanol–water partition coefficient (Wildman–Crippen LogP) is 2.83. The fraction of sp³-hybridized carbons (Fsp3) is 0.435. The van der Waals surface area contributed by atoms with E-state index >= 15 is 0 Å². The van der Waals surface area contributed by atoms with Gasteiger partial charge in [-0.25, -0.2) is 0 Å². The number of rotatable bonds is 4. The third kappa shape index (κ3) is 3.38. The molecule has 2 aromatic carbocycles. The van der Waals surface area contributed by atoms with E-state index in [0.29, 0.717) is 23.9 Å². The summed E-state index contributed by atoms with van der Waals surface area (Å²) in [6.45, 7) is 0.418. The number of piperidine rings is 1. The number of carbonyl (C=O) groups is 1. The molecule has 0 radical (unpaired) electrons. The lowest BCUT2D eigenvalue weighted by Crippen LogP contribution is -2.62. The van der Waals surface area contributed by atoms with E-state index in [0.717, 1.165) is 18.6 Å². The maximum atomic E-state index is 13.7. The molecule has 0 N–H and O–H groups in total. The molecular formula is C23H27NO4S. The highest BCUT2D eigenvalue weighted by atomic mass is 32.2. The van der Waals surface area contributed by atoms with Crippen LogP contribution in [0.4, 0.5) is 0 Å². The molecule has 0 unspecified atom stereocenters. The van der Waals surface area contributed by atoms with Crippen molar-refractivity contribution in [2.75, 3.05) is 27.8 Å². The number of fused-ring (bicyclic) bond motifs is 2. The van der Waals surface area contributed by atoms with Crippen molar-refractivity contribution in [2.24, 2.45) is 5.92 Å². The van der Waals surface area contributed by atoms with Gasteiger partial charge in [-0.05, 0) is 61.6 Å². The van der Waals surface area contributed by atoms with Crippen molar-refractivity contribution >= 4 is 16.8 Å². The van der Waals surface area contributed by atoms with Crippen molar-refractivity contribution in [3.8, 4) is 5.75 Å². The highest BCUT2D eigenvalue weighted by molar-refractivity contribution is 7.87. The van der Waals surface area contributed by atoms with Crippen LogP contribution < -0.4 is 4.74 Å². The van der Waals surface area contributed by atoms with Gasteiger partial charge in [0, 0.05) is 17.5 Å². The number of carbonyl (C=O) groups excluding carboxylic acids is 1. The van der Waals surface area contributed by atoms with Crippen molar-refractivity contribution in [3.63, 3.8) is 0 Å². The number of methoxy groups -OCH3 is 2. The molecule has 5 nitrogen and oxygen atoms in total. The molecule has 4 rings (SSSR count). The summed E-state index contributed by atoms with van der Waals surface area (Å²) in [5.74, 6) is 0.696. The summed E-state index contributed by atoms with van der Waals surface area (Å²) < 4.78 is 23.4. The van der Waals surface area contributed by atoms with E-state index in [1.54, 1.807) is 7.11 Å². The minimum Gasteiger partial charge on any atom is -0.496 e. The second-order valence-electron chi connectivity index (χ2n) is 8.02. The number of benzene rings is 2. The van der Waals surface area contributed by atoms with Gasteiger partial charge in [0.2, 0.25) is 0 Å². The fourth-order valence-corrected chi connectivity index (χ4v) is 6.84. The minimum absolute atomic E-state index is 0.198. The quantitative estimate of drug-likeness (QED) is 0.722. The van der Waals surface area contributed by atoms with Gasteiger partial charge in [-0.15, -0.1) is 0 Å². The van der Waals surface area contributed by atoms with Crippen LogP contribution in [0.25, 0.3) is 0 Å². The summed E-state index contributed by atoms with van der Waals surface area (Å²) in [6, 6.07) is 15.7. The van der Waals surface area contributed by atoms with E-state index in [4.69, 9.17) is 9.47 Å². The van der Waals surface area contributed by atoms with E-state index in [1.807, 2.05) is 49.5 Å². The molecule has 0 bridgehead atoms. The molecule has 1 saturated heterocycles. The molecule has 2 aromatic rings. The number of likely N-dealkylation sites (tertiary alicyclic amines) is 1. The highest BCUT2D eigenvalue weighted by Gasteiger charge is 2.54. The smallest absolute Gasteiger partial charge is 0.326 e. The van der Waals surface area contributed by atoms with Crippen LogP contribution >= 0.6 is 0 Å². The van der Waals surface area contributed by atoms with Gasteiger partial charge in [0.05, 0.1) is 25.0 Å². The largest absolute Gasteiger partial charge is 0.496 e. The zero-order valence-electron chi connectivity index (χ0n) is 17.1. The van der Waals surface area contributed by atoms with E-state index in [2.05, 4.69) is 11.0 Å². The summed E-state index contributed by atoms with van der Waals surface area (Å²) in [5, 5.41) is 0. The summed E-state index contributed by atoms with van der Waals surface area (Å²) in [6.07, 6.45) is 2.25. The molecule has 0 saturated carbocycles. The molecule has 0 aromatic heterocycles. The average Bonchev–Trinajstić information content (AvgIpc) is 2.76. The van der Waals surface area contributed by atoms with Gasteiger partial charge in [-0.1, -0.05) is 30.3 Å². The van der Waals surface area contributed by atoms with Gasteiger partial charge >= 0.3 is 5.97 Å². The number of hydrogen-bond acceptors (Lipinski definition) is 5. The van der Waals surface area contributed by atoms with E-state index in [1.165, 1.54) is 18.2 Å². The van der Waals surface area contributed by atoms with Crippen LogP contribution in [0.3, 0.4) is 0 Å². The van der Waals surface area contributed by atoms with Crippen molar-refractivity contribution in [1.82, 2.24) is 4.90 Å². The molecule has 1 heterocycles. The number of hydrogen-bond donors (Lipinski definition) is 0. The fourth-order valence-electron chi connectivity index (χ4n) is 5.06. The Bertz CT molecular complexity index is 932. The van der Waals surface area contributed by atoms with Crippen molar-refractivity contribution < 1.29 is 18.5 Å². The van der Waals surface area contributed by atoms with Crippen LogP contribution in [-0.4, -0.2) is 53.7 Å². The molecule has 0 spiro atoms. The van der Waals surface area contributed by atoms with E-state index in [-0.39, 0.29) is 5.92 Å². The molecule has 1 aliphatic heterocycles. The minimum atomic E-state index is -1.51. The van der Waals surface area contributed by atoms with Crippen molar-refractivity contribution in [3.05, 3.63) is 59.7 Å². The van der Waals surface area contributed by atoms with Crippen LogP contribution in [0.2, 0.25) is 0 Å². The third-order valence-corrected chi connectivity index (χ3v) is 8.29. The Morgan fingerprint density at radius 3 is 2.55 bits per heavy atom. The number of esters is 1. The number of likely N-dealkylation sites (N-methyl/N-ethyl adjacent to an activating group) is 1. The van der Waals surface area contributed by atoms with Crippen LogP contribution in [0.15, 0.2) is 53.4 Å². The first-order valence-corrected chi connectivity index (χ1v) is 11.1. The van der Waals surface area contributed by atoms with Gasteiger partial charge in [0.1, 0.15) is 5.75 Å². The van der Waals surface area contributed by atoms with Gasteiger partial charge in [0.25, 0.3) is 0 Å². The molecule has 2 aliphatic rings. The van der Waals surface area contributed by atoms with Gasteiger partial charge < -0.3 is 14.4 Å². The molecular weight excluding hydrogens is 386 g/mol. The highest BCUT2D eigenvalue weighted by Crippen LogP contribution is 2.44. The summed E-state index contributed by atoms with van der Waals surface area (Å²) in [7, 11) is 3.60. The Morgan fingerprint density at radius 2 is 1.86 bits per heavy atom. The maximum Gasteiger partial charge on any atom is 0.326 e. The third-order valence-electron chi connectivity index (χ3n) is 6.42. The standard InChI is InChI=1S/C23H27NO4S/c1-24-15-23(22(25)28-3,29(26)18-9-5-4-6-10-18)14-17-12-19-16(13-20(17)24)8-7-11-21(19)27-2/h4-11,17,20H,12-15H2,1-3H3/t17-,20+,23+,29-/m0/s1. The lowest BCUT2D eigenvalue weighted by molar-refractivity contribution is -0.146. The molecule has 6 heteroatoms. The summed E-state index contributed by atoms with van der Waals surface area (Å²) >= 11 is 0. The Balaban J connectivity index is 1.73. The molecule has 29 heavy (non-hydrogen) atoms. The Labute approximate surface area is 174 Å².